The van der Waals surface area contributed by atoms with Crippen molar-refractivity contribution in [2.45, 2.75) is 57.2 Å². The van der Waals surface area contributed by atoms with Gasteiger partial charge in [-0.1, -0.05) is 17.7 Å². The molecule has 0 bridgehead atoms. The Hall–Kier alpha value is -0.960. The van der Waals surface area contributed by atoms with Gasteiger partial charge in [0.2, 0.25) is 5.91 Å². The van der Waals surface area contributed by atoms with Gasteiger partial charge in [0.25, 0.3) is 0 Å². The Bertz CT molecular complexity index is 419. The van der Waals surface area contributed by atoms with E-state index < -0.39 is 0 Å². The monoisotopic (exact) mass is 279 g/mol. The highest BCUT2D eigenvalue weighted by Crippen LogP contribution is 2.26. The van der Waals surface area contributed by atoms with Crippen molar-refractivity contribution in [1.82, 2.24) is 4.90 Å². The summed E-state index contributed by atoms with van der Waals surface area (Å²) in [6, 6.07) is 8.33. The van der Waals surface area contributed by atoms with Crippen molar-refractivity contribution in [3.8, 4) is 0 Å². The van der Waals surface area contributed by atoms with E-state index in [2.05, 4.69) is 52.0 Å². The quantitative estimate of drug-likeness (QED) is 0.773. The fourth-order valence-corrected chi connectivity index (χ4v) is 2.98. The summed E-state index contributed by atoms with van der Waals surface area (Å²) in [5.41, 5.74) is 1.13. The van der Waals surface area contributed by atoms with Crippen LogP contribution in [0.4, 0.5) is 0 Å². The molecule has 0 heterocycles. The Morgan fingerprint density at radius 3 is 2.21 bits per heavy atom. The molecule has 0 aliphatic heterocycles. The van der Waals surface area contributed by atoms with Crippen molar-refractivity contribution < 1.29 is 4.79 Å². The lowest BCUT2D eigenvalue weighted by molar-refractivity contribution is -0.134. The van der Waals surface area contributed by atoms with Crippen LogP contribution in [0, 0.1) is 6.92 Å². The zero-order chi connectivity index (χ0) is 14.6. The highest BCUT2D eigenvalue weighted by Gasteiger charge is 2.28. The predicted molar refractivity (Wildman–Crippen MR) is 83.6 cm³/mol. The zero-order valence-electron chi connectivity index (χ0n) is 12.9. The highest BCUT2D eigenvalue weighted by atomic mass is 32.2. The Morgan fingerprint density at radius 2 is 1.79 bits per heavy atom. The molecule has 1 amide bonds. The number of benzene rings is 1. The molecule has 1 aromatic rings. The molecule has 0 saturated carbocycles. The minimum Gasteiger partial charge on any atom is -0.337 e. The molecular formula is C16H25NOS. The van der Waals surface area contributed by atoms with Crippen LogP contribution in [0.5, 0.6) is 0 Å². The van der Waals surface area contributed by atoms with Crippen LogP contribution in [0.15, 0.2) is 29.2 Å². The van der Waals surface area contributed by atoms with Crippen LogP contribution in [-0.2, 0) is 4.79 Å². The van der Waals surface area contributed by atoms with Crippen molar-refractivity contribution in [2.75, 3.05) is 6.54 Å². The lowest BCUT2D eigenvalue weighted by Gasteiger charge is -2.36. The SMILES string of the molecule is CCN(C(=O)C(C)Sc1ccc(C)cc1)C(C)(C)C. The number of hydrogen-bond donors (Lipinski definition) is 0. The third-order valence-corrected chi connectivity index (χ3v) is 4.17. The summed E-state index contributed by atoms with van der Waals surface area (Å²) in [5, 5.41) is -0.0538. The van der Waals surface area contributed by atoms with Crippen LogP contribution >= 0.6 is 11.8 Å². The maximum absolute atomic E-state index is 12.5. The van der Waals surface area contributed by atoms with Gasteiger partial charge in [0.15, 0.2) is 0 Å². The lowest BCUT2D eigenvalue weighted by Crippen LogP contribution is -2.48. The number of thioether (sulfide) groups is 1. The second kappa shape index (κ2) is 6.47. The molecule has 0 aliphatic carbocycles. The molecule has 0 aromatic heterocycles. The molecule has 0 saturated heterocycles. The van der Waals surface area contributed by atoms with Crippen LogP contribution in [0.2, 0.25) is 0 Å². The predicted octanol–water partition coefficient (Wildman–Crippen LogP) is 4.12. The van der Waals surface area contributed by atoms with E-state index >= 15 is 0 Å². The summed E-state index contributed by atoms with van der Waals surface area (Å²) >= 11 is 1.63. The fraction of sp³-hybridized carbons (Fsp3) is 0.562. The van der Waals surface area contributed by atoms with Crippen molar-refractivity contribution in [2.24, 2.45) is 0 Å². The van der Waals surface area contributed by atoms with Gasteiger partial charge in [0.05, 0.1) is 5.25 Å². The average Bonchev–Trinajstić information content (AvgIpc) is 2.31. The molecule has 3 heteroatoms. The fourth-order valence-electron chi connectivity index (χ4n) is 2.05. The van der Waals surface area contributed by atoms with E-state index in [0.29, 0.717) is 0 Å². The molecule has 1 rings (SSSR count). The van der Waals surface area contributed by atoms with Gasteiger partial charge in [-0.15, -0.1) is 11.8 Å². The third kappa shape index (κ3) is 4.57. The minimum absolute atomic E-state index is 0.0538. The summed E-state index contributed by atoms with van der Waals surface area (Å²) in [5.74, 6) is 0.209. The number of hydrogen-bond acceptors (Lipinski definition) is 2. The Kier molecular flexibility index (Phi) is 5.48. The minimum atomic E-state index is -0.117. The third-order valence-electron chi connectivity index (χ3n) is 3.07. The molecule has 0 N–H and O–H groups in total. The number of carbonyl (C=O) groups is 1. The Morgan fingerprint density at radius 1 is 1.26 bits per heavy atom. The maximum atomic E-state index is 12.5. The van der Waals surface area contributed by atoms with Gasteiger partial charge in [-0.3, -0.25) is 4.79 Å². The summed E-state index contributed by atoms with van der Waals surface area (Å²) in [7, 11) is 0. The standard InChI is InChI=1S/C16H25NOS/c1-7-17(16(4,5)6)15(18)13(3)19-14-10-8-12(2)9-11-14/h8-11,13H,7H2,1-6H3. The van der Waals surface area contributed by atoms with Crippen LogP contribution < -0.4 is 0 Å². The molecule has 2 nitrogen and oxygen atoms in total. The maximum Gasteiger partial charge on any atom is 0.236 e. The Balaban J connectivity index is 2.74. The molecule has 1 atom stereocenters. The van der Waals surface area contributed by atoms with Gasteiger partial charge in [0, 0.05) is 17.0 Å². The number of amides is 1. The van der Waals surface area contributed by atoms with E-state index in [-0.39, 0.29) is 16.7 Å². The molecule has 0 spiro atoms. The van der Waals surface area contributed by atoms with Crippen LogP contribution in [0.1, 0.15) is 40.2 Å². The molecule has 0 radical (unpaired) electrons. The molecule has 1 aromatic carbocycles. The van der Waals surface area contributed by atoms with Crippen molar-refractivity contribution >= 4 is 17.7 Å². The van der Waals surface area contributed by atoms with Gasteiger partial charge >= 0.3 is 0 Å². The van der Waals surface area contributed by atoms with E-state index in [9.17, 15) is 4.79 Å². The van der Waals surface area contributed by atoms with Gasteiger partial charge < -0.3 is 4.90 Å². The second-order valence-corrected chi connectivity index (χ2v) is 7.24. The van der Waals surface area contributed by atoms with E-state index in [1.807, 2.05) is 18.7 Å². The highest BCUT2D eigenvalue weighted by molar-refractivity contribution is 8.00. The molecule has 106 valence electrons. The average molecular weight is 279 g/mol. The first-order valence-corrected chi connectivity index (χ1v) is 7.68. The molecule has 0 aliphatic rings. The first-order valence-electron chi connectivity index (χ1n) is 6.80. The van der Waals surface area contributed by atoms with Crippen molar-refractivity contribution in [3.63, 3.8) is 0 Å². The molecule has 19 heavy (non-hydrogen) atoms. The topological polar surface area (TPSA) is 20.3 Å². The van der Waals surface area contributed by atoms with Gasteiger partial charge in [0.1, 0.15) is 0 Å². The zero-order valence-corrected chi connectivity index (χ0v) is 13.7. The second-order valence-electron chi connectivity index (χ2n) is 5.83. The first-order chi connectivity index (χ1) is 8.75. The van der Waals surface area contributed by atoms with E-state index in [1.165, 1.54) is 5.56 Å². The normalized spacial score (nSPS) is 13.2. The largest absolute Gasteiger partial charge is 0.337 e. The number of rotatable bonds is 4. The van der Waals surface area contributed by atoms with Crippen LogP contribution in [0.25, 0.3) is 0 Å². The van der Waals surface area contributed by atoms with Gasteiger partial charge in [-0.25, -0.2) is 0 Å². The summed E-state index contributed by atoms with van der Waals surface area (Å²) in [6.07, 6.45) is 0. The lowest BCUT2D eigenvalue weighted by atomic mass is 10.1. The number of carbonyl (C=O) groups excluding carboxylic acids is 1. The first kappa shape index (κ1) is 16.1. The summed E-state index contributed by atoms with van der Waals surface area (Å²) in [4.78, 5) is 15.6. The van der Waals surface area contributed by atoms with Gasteiger partial charge in [-0.05, 0) is 53.7 Å². The van der Waals surface area contributed by atoms with Crippen molar-refractivity contribution in [3.05, 3.63) is 29.8 Å². The smallest absolute Gasteiger partial charge is 0.236 e. The number of nitrogens with zero attached hydrogens (tertiary/aromatic N) is 1. The van der Waals surface area contributed by atoms with E-state index in [4.69, 9.17) is 0 Å². The summed E-state index contributed by atoms with van der Waals surface area (Å²) in [6.45, 7) is 13.1. The summed E-state index contributed by atoms with van der Waals surface area (Å²) < 4.78 is 0. The van der Waals surface area contributed by atoms with Gasteiger partial charge in [-0.2, -0.15) is 0 Å². The molecule has 0 fully saturated rings. The molecule has 1 unspecified atom stereocenters. The van der Waals surface area contributed by atoms with E-state index in [0.717, 1.165) is 11.4 Å². The molecular weight excluding hydrogens is 254 g/mol. The van der Waals surface area contributed by atoms with E-state index in [1.54, 1.807) is 11.8 Å². The van der Waals surface area contributed by atoms with Crippen LogP contribution in [0.3, 0.4) is 0 Å². The number of aryl methyl sites for hydroxylation is 1. The Labute approximate surface area is 121 Å². The van der Waals surface area contributed by atoms with Crippen molar-refractivity contribution in [1.29, 1.82) is 0 Å². The van der Waals surface area contributed by atoms with Crippen LogP contribution in [-0.4, -0.2) is 28.1 Å².